The van der Waals surface area contributed by atoms with E-state index in [1.807, 2.05) is 14.0 Å². The summed E-state index contributed by atoms with van der Waals surface area (Å²) >= 11 is 0. The highest BCUT2D eigenvalue weighted by atomic mass is 16.5. The number of carbonyl (C=O) groups is 2. The first kappa shape index (κ1) is 31.8. The lowest BCUT2D eigenvalue weighted by Gasteiger charge is -2.21. The number of rotatable bonds is 11. The third-order valence-corrected chi connectivity index (χ3v) is 7.36. The zero-order valence-electron chi connectivity index (χ0n) is 25.5. The SMILES string of the molecule is CN=C(C)/C=c1\[nH]/c(=C(/C)C2=N/C(=C\C(NC)=C(C)C)[C@@H](C)[C@@H]2CCC(=O)N(C)CCCOC(C)=O)cc1C. The Morgan fingerprint density at radius 2 is 1.90 bits per heavy atom. The molecule has 1 aromatic rings. The van der Waals surface area contributed by atoms with E-state index in [4.69, 9.17) is 9.73 Å². The molecule has 0 unspecified atom stereocenters. The maximum absolute atomic E-state index is 13.0. The van der Waals surface area contributed by atoms with Crippen molar-refractivity contribution < 1.29 is 14.3 Å². The largest absolute Gasteiger partial charge is 0.466 e. The van der Waals surface area contributed by atoms with Crippen LogP contribution in [0.3, 0.4) is 0 Å². The Kier molecular flexibility index (Phi) is 11.9. The lowest BCUT2D eigenvalue weighted by molar-refractivity contribution is -0.141. The highest BCUT2D eigenvalue weighted by Crippen LogP contribution is 2.37. The molecule has 0 radical (unpaired) electrons. The fraction of sp³-hybridized carbons (Fsp3) is 0.548. The van der Waals surface area contributed by atoms with Gasteiger partial charge in [-0.1, -0.05) is 12.5 Å². The molecule has 1 aromatic heterocycles. The third-order valence-electron chi connectivity index (χ3n) is 7.36. The molecular weight excluding hydrogens is 490 g/mol. The van der Waals surface area contributed by atoms with E-state index in [-0.39, 0.29) is 23.7 Å². The van der Waals surface area contributed by atoms with E-state index in [2.05, 4.69) is 68.1 Å². The Morgan fingerprint density at radius 1 is 1.21 bits per heavy atom. The Balaban J connectivity index is 2.40. The van der Waals surface area contributed by atoms with Crippen molar-refractivity contribution in [2.75, 3.05) is 34.3 Å². The van der Waals surface area contributed by atoms with Crippen molar-refractivity contribution in [2.45, 2.75) is 67.7 Å². The lowest BCUT2D eigenvalue weighted by atomic mass is 9.84. The quantitative estimate of drug-likeness (QED) is 0.256. The van der Waals surface area contributed by atoms with Gasteiger partial charge >= 0.3 is 5.97 Å². The molecule has 214 valence electrons. The average molecular weight is 538 g/mol. The molecule has 0 bridgehead atoms. The summed E-state index contributed by atoms with van der Waals surface area (Å²) in [6, 6.07) is 2.16. The van der Waals surface area contributed by atoms with Gasteiger partial charge in [-0.15, -0.1) is 0 Å². The first-order valence-electron chi connectivity index (χ1n) is 13.7. The first-order valence-corrected chi connectivity index (χ1v) is 13.7. The molecule has 2 heterocycles. The number of hydrogen-bond acceptors (Lipinski definition) is 6. The molecule has 1 aliphatic rings. The second kappa shape index (κ2) is 14.7. The summed E-state index contributed by atoms with van der Waals surface area (Å²) < 4.78 is 4.99. The predicted molar refractivity (Wildman–Crippen MR) is 161 cm³/mol. The van der Waals surface area contributed by atoms with Crippen LogP contribution in [0.4, 0.5) is 0 Å². The topological polar surface area (TPSA) is 99.2 Å². The van der Waals surface area contributed by atoms with Crippen LogP contribution in [-0.4, -0.2) is 67.5 Å². The minimum absolute atomic E-state index is 0.0848. The summed E-state index contributed by atoms with van der Waals surface area (Å²) in [5, 5.41) is 5.36. The van der Waals surface area contributed by atoms with Crippen molar-refractivity contribution in [3.05, 3.63) is 45.4 Å². The van der Waals surface area contributed by atoms with Crippen LogP contribution in [0.2, 0.25) is 0 Å². The second-order valence-electron chi connectivity index (χ2n) is 10.6. The zero-order valence-corrected chi connectivity index (χ0v) is 25.5. The summed E-state index contributed by atoms with van der Waals surface area (Å²) in [5.41, 5.74) is 7.49. The van der Waals surface area contributed by atoms with Gasteiger partial charge in [0.1, 0.15) is 0 Å². The zero-order chi connectivity index (χ0) is 29.3. The smallest absolute Gasteiger partial charge is 0.302 e. The second-order valence-corrected chi connectivity index (χ2v) is 10.6. The molecule has 2 N–H and O–H groups in total. The summed E-state index contributed by atoms with van der Waals surface area (Å²) in [7, 11) is 5.52. The van der Waals surface area contributed by atoms with Gasteiger partial charge in [0.2, 0.25) is 5.91 Å². The van der Waals surface area contributed by atoms with Crippen molar-refractivity contribution in [1.82, 2.24) is 15.2 Å². The summed E-state index contributed by atoms with van der Waals surface area (Å²) in [6.07, 6.45) is 5.94. The number of aromatic nitrogens is 1. The van der Waals surface area contributed by atoms with Crippen LogP contribution in [0, 0.1) is 18.8 Å². The summed E-state index contributed by atoms with van der Waals surface area (Å²) in [6.45, 7) is 14.8. The Labute approximate surface area is 233 Å². The maximum Gasteiger partial charge on any atom is 0.302 e. The van der Waals surface area contributed by atoms with Crippen molar-refractivity contribution in [3.63, 3.8) is 0 Å². The van der Waals surface area contributed by atoms with Crippen LogP contribution in [0.5, 0.6) is 0 Å². The van der Waals surface area contributed by atoms with Gasteiger partial charge < -0.3 is 19.9 Å². The molecular formula is C31H47N5O3. The van der Waals surface area contributed by atoms with Crippen molar-refractivity contribution in [2.24, 2.45) is 21.8 Å². The average Bonchev–Trinajstić information content (AvgIpc) is 3.41. The van der Waals surface area contributed by atoms with E-state index >= 15 is 0 Å². The number of amides is 1. The van der Waals surface area contributed by atoms with E-state index in [0.717, 1.165) is 44.7 Å². The van der Waals surface area contributed by atoms with E-state index < -0.39 is 0 Å². The molecule has 0 aromatic carbocycles. The molecule has 0 aliphatic carbocycles. The number of aryl methyl sites for hydroxylation is 1. The Hall–Kier alpha value is -3.42. The van der Waals surface area contributed by atoms with Crippen LogP contribution >= 0.6 is 0 Å². The number of aromatic amines is 1. The summed E-state index contributed by atoms with van der Waals surface area (Å²) in [5.74, 6) is 0.0599. The molecule has 0 fully saturated rings. The minimum Gasteiger partial charge on any atom is -0.466 e. The molecule has 0 saturated carbocycles. The number of likely N-dealkylation sites (N-methyl/N-ethyl adjacent to an activating group) is 1. The van der Waals surface area contributed by atoms with Crippen LogP contribution in [-0.2, 0) is 14.3 Å². The predicted octanol–water partition coefficient (Wildman–Crippen LogP) is 3.66. The Morgan fingerprint density at radius 3 is 2.49 bits per heavy atom. The highest BCUT2D eigenvalue weighted by Gasteiger charge is 2.33. The van der Waals surface area contributed by atoms with Gasteiger partial charge in [-0.25, -0.2) is 0 Å². The highest BCUT2D eigenvalue weighted by molar-refractivity contribution is 6.20. The molecule has 8 nitrogen and oxygen atoms in total. The van der Waals surface area contributed by atoms with Crippen LogP contribution < -0.4 is 16.0 Å². The molecule has 39 heavy (non-hydrogen) atoms. The number of ether oxygens (including phenoxy) is 1. The number of hydrogen-bond donors (Lipinski definition) is 2. The number of carbonyl (C=O) groups excluding carboxylic acids is 2. The number of aliphatic imine (C=N–C) groups is 2. The summed E-state index contributed by atoms with van der Waals surface area (Å²) in [4.78, 5) is 38.7. The Bertz CT molecular complexity index is 1290. The number of esters is 1. The lowest BCUT2D eigenvalue weighted by Crippen LogP contribution is -2.30. The molecule has 1 amide bonds. The van der Waals surface area contributed by atoms with Gasteiger partial charge in [0.05, 0.1) is 6.61 Å². The van der Waals surface area contributed by atoms with E-state index in [1.54, 1.807) is 19.0 Å². The molecule has 2 atom stereocenters. The number of nitrogens with zero attached hydrogens (tertiary/aromatic N) is 3. The third kappa shape index (κ3) is 8.80. The minimum atomic E-state index is -0.299. The van der Waals surface area contributed by atoms with Crippen molar-refractivity contribution in [1.29, 1.82) is 0 Å². The van der Waals surface area contributed by atoms with Crippen molar-refractivity contribution >= 4 is 34.9 Å². The number of allylic oxidation sites excluding steroid dienone is 3. The molecule has 8 heteroatoms. The van der Waals surface area contributed by atoms with Gasteiger partial charge in [0, 0.05) is 86.4 Å². The number of nitrogens with one attached hydrogen (secondary N) is 2. The van der Waals surface area contributed by atoms with Crippen molar-refractivity contribution in [3.8, 4) is 0 Å². The van der Waals surface area contributed by atoms with E-state index in [0.29, 0.717) is 32.4 Å². The van der Waals surface area contributed by atoms with Gasteiger partial charge in [-0.05, 0) is 76.8 Å². The standard InChI is InChI=1S/C31H47N5O3/c1-19(2)26(33-9)18-29-22(5)25(12-13-30(38)36(10)14-11-15-39-24(7)37)31(35-29)23(6)28-16-20(3)27(34-28)17-21(4)32-8/h16-18,22,25,33-34H,11-15H2,1-10H3/b27-17-,28-23-,29-18-,32-21?/t22-,25-/m0/s1. The molecule has 0 saturated heterocycles. The van der Waals surface area contributed by atoms with Crippen LogP contribution in [0.15, 0.2) is 39.1 Å². The van der Waals surface area contributed by atoms with Gasteiger partial charge in [-0.2, -0.15) is 0 Å². The van der Waals surface area contributed by atoms with Gasteiger partial charge in [0.15, 0.2) is 0 Å². The molecule has 1 aliphatic heterocycles. The number of H-pyrrole nitrogens is 1. The van der Waals surface area contributed by atoms with Gasteiger partial charge in [0.25, 0.3) is 0 Å². The fourth-order valence-electron chi connectivity index (χ4n) is 4.74. The normalized spacial score (nSPS) is 19.6. The van der Waals surface area contributed by atoms with Crippen LogP contribution in [0.1, 0.15) is 66.4 Å². The monoisotopic (exact) mass is 537 g/mol. The van der Waals surface area contributed by atoms with E-state index in [1.165, 1.54) is 12.5 Å². The van der Waals surface area contributed by atoms with Gasteiger partial charge in [-0.3, -0.25) is 19.6 Å². The van der Waals surface area contributed by atoms with Crippen LogP contribution in [0.25, 0.3) is 11.6 Å². The fourth-order valence-corrected chi connectivity index (χ4v) is 4.74. The molecule has 2 rings (SSSR count). The first-order chi connectivity index (χ1) is 18.4. The molecule has 0 spiro atoms. The van der Waals surface area contributed by atoms with E-state index in [9.17, 15) is 9.59 Å². The maximum atomic E-state index is 13.0.